The quantitative estimate of drug-likeness (QED) is 0.523. The normalized spacial score (nSPS) is 30.3. The SMILES string of the molecule is CC(=O)O[C@H]1OC[C@@H](OC(C)=O)[C@@H](O)[C@@H]1OC(C)=O. The molecule has 1 saturated heterocycles. The van der Waals surface area contributed by atoms with Gasteiger partial charge in [-0.3, -0.25) is 14.4 Å². The molecule has 0 bridgehead atoms. The summed E-state index contributed by atoms with van der Waals surface area (Å²) in [4.78, 5) is 32.7. The van der Waals surface area contributed by atoms with Gasteiger partial charge in [-0.2, -0.15) is 0 Å². The number of aliphatic hydroxyl groups excluding tert-OH is 1. The van der Waals surface area contributed by atoms with Crippen LogP contribution in [-0.2, 0) is 33.3 Å². The Morgan fingerprint density at radius 3 is 2.00 bits per heavy atom. The highest BCUT2D eigenvalue weighted by atomic mass is 16.7. The van der Waals surface area contributed by atoms with Crippen molar-refractivity contribution in [3.05, 3.63) is 0 Å². The number of rotatable bonds is 3. The summed E-state index contributed by atoms with van der Waals surface area (Å²) in [6.45, 7) is 3.29. The Morgan fingerprint density at radius 1 is 1.00 bits per heavy atom. The molecule has 0 radical (unpaired) electrons. The summed E-state index contributed by atoms with van der Waals surface area (Å²) in [7, 11) is 0. The van der Waals surface area contributed by atoms with Gasteiger partial charge in [0.25, 0.3) is 0 Å². The molecule has 0 amide bonds. The van der Waals surface area contributed by atoms with Crippen LogP contribution in [0.5, 0.6) is 0 Å². The summed E-state index contributed by atoms with van der Waals surface area (Å²) >= 11 is 0. The highest BCUT2D eigenvalue weighted by Gasteiger charge is 2.45. The van der Waals surface area contributed by atoms with E-state index in [0.717, 1.165) is 13.8 Å². The lowest BCUT2D eigenvalue weighted by Gasteiger charge is -2.37. The van der Waals surface area contributed by atoms with Crippen LogP contribution >= 0.6 is 0 Å². The molecule has 1 rings (SSSR count). The van der Waals surface area contributed by atoms with E-state index < -0.39 is 42.5 Å². The van der Waals surface area contributed by atoms with Gasteiger partial charge >= 0.3 is 17.9 Å². The van der Waals surface area contributed by atoms with E-state index in [-0.39, 0.29) is 6.61 Å². The number of hydrogen-bond acceptors (Lipinski definition) is 8. The molecule has 19 heavy (non-hydrogen) atoms. The van der Waals surface area contributed by atoms with Crippen molar-refractivity contribution >= 4 is 17.9 Å². The predicted molar refractivity (Wildman–Crippen MR) is 58.6 cm³/mol. The van der Waals surface area contributed by atoms with Gasteiger partial charge in [0.2, 0.25) is 6.29 Å². The molecule has 4 atom stereocenters. The average molecular weight is 276 g/mol. The molecule has 1 fully saturated rings. The highest BCUT2D eigenvalue weighted by Crippen LogP contribution is 2.22. The third-order valence-corrected chi connectivity index (χ3v) is 2.31. The van der Waals surface area contributed by atoms with E-state index >= 15 is 0 Å². The largest absolute Gasteiger partial charge is 0.457 e. The van der Waals surface area contributed by atoms with Crippen molar-refractivity contribution in [3.8, 4) is 0 Å². The Bertz CT molecular complexity index is 366. The van der Waals surface area contributed by atoms with Gasteiger partial charge in [-0.25, -0.2) is 0 Å². The molecule has 0 aromatic rings. The minimum atomic E-state index is -1.34. The molecule has 1 aliphatic rings. The summed E-state index contributed by atoms with van der Waals surface area (Å²) in [5.74, 6) is -1.95. The van der Waals surface area contributed by atoms with Gasteiger partial charge in [0.05, 0.1) is 6.61 Å². The fourth-order valence-corrected chi connectivity index (χ4v) is 1.65. The Labute approximate surface area is 109 Å². The zero-order valence-corrected chi connectivity index (χ0v) is 10.8. The molecular weight excluding hydrogens is 260 g/mol. The van der Waals surface area contributed by atoms with E-state index in [1.165, 1.54) is 6.92 Å². The second-order valence-electron chi connectivity index (χ2n) is 4.02. The zero-order chi connectivity index (χ0) is 14.6. The first kappa shape index (κ1) is 15.4. The first-order valence-corrected chi connectivity index (χ1v) is 5.62. The lowest BCUT2D eigenvalue weighted by atomic mass is 10.0. The van der Waals surface area contributed by atoms with E-state index in [1.54, 1.807) is 0 Å². The van der Waals surface area contributed by atoms with Gasteiger partial charge in [-0.1, -0.05) is 0 Å². The van der Waals surface area contributed by atoms with Crippen molar-refractivity contribution in [3.63, 3.8) is 0 Å². The molecule has 8 nitrogen and oxygen atoms in total. The number of ether oxygens (including phenoxy) is 4. The topological polar surface area (TPSA) is 108 Å². The number of carbonyl (C=O) groups excluding carboxylic acids is 3. The van der Waals surface area contributed by atoms with Crippen molar-refractivity contribution < 1.29 is 38.4 Å². The number of aliphatic hydroxyl groups is 1. The summed E-state index contributed by atoms with van der Waals surface area (Å²) < 4.78 is 19.6. The molecule has 0 aromatic carbocycles. The molecule has 1 aliphatic heterocycles. The third kappa shape index (κ3) is 4.49. The molecule has 0 saturated carbocycles. The lowest BCUT2D eigenvalue weighted by Crippen LogP contribution is -2.56. The summed E-state index contributed by atoms with van der Waals surface area (Å²) in [6, 6.07) is 0. The van der Waals surface area contributed by atoms with E-state index in [2.05, 4.69) is 0 Å². The average Bonchev–Trinajstić information content (AvgIpc) is 2.26. The van der Waals surface area contributed by atoms with Crippen LogP contribution in [0.15, 0.2) is 0 Å². The molecule has 8 heteroatoms. The van der Waals surface area contributed by atoms with Crippen LogP contribution in [-0.4, -0.2) is 54.2 Å². The Morgan fingerprint density at radius 2 is 1.53 bits per heavy atom. The molecule has 108 valence electrons. The maximum absolute atomic E-state index is 11.0. The standard InChI is InChI=1S/C11H16O8/c1-5(12)17-8-4-16-11(19-7(3)14)10(9(8)15)18-6(2)13/h8-11,15H,4H2,1-3H3/t8-,9-,10+,11-/m1/s1. The summed E-state index contributed by atoms with van der Waals surface area (Å²) in [5.41, 5.74) is 0. The van der Waals surface area contributed by atoms with Gasteiger partial charge in [0.15, 0.2) is 12.2 Å². The van der Waals surface area contributed by atoms with Crippen LogP contribution in [0.4, 0.5) is 0 Å². The maximum Gasteiger partial charge on any atom is 0.305 e. The highest BCUT2D eigenvalue weighted by molar-refractivity contribution is 5.67. The fraction of sp³-hybridized carbons (Fsp3) is 0.727. The van der Waals surface area contributed by atoms with Gasteiger partial charge in [0.1, 0.15) is 6.10 Å². The molecule has 1 heterocycles. The molecule has 1 N–H and O–H groups in total. The van der Waals surface area contributed by atoms with Crippen molar-refractivity contribution in [1.29, 1.82) is 0 Å². The van der Waals surface area contributed by atoms with Crippen molar-refractivity contribution in [1.82, 2.24) is 0 Å². The van der Waals surface area contributed by atoms with Crippen LogP contribution < -0.4 is 0 Å². The summed E-state index contributed by atoms with van der Waals surface area (Å²) in [5, 5.41) is 9.98. The Balaban J connectivity index is 2.79. The van der Waals surface area contributed by atoms with E-state index in [9.17, 15) is 19.5 Å². The van der Waals surface area contributed by atoms with Crippen LogP contribution in [0, 0.1) is 0 Å². The first-order chi connectivity index (χ1) is 8.81. The smallest absolute Gasteiger partial charge is 0.305 e. The minimum absolute atomic E-state index is 0.170. The second kappa shape index (κ2) is 6.48. The van der Waals surface area contributed by atoms with Crippen LogP contribution in [0.1, 0.15) is 20.8 Å². The molecular formula is C11H16O8. The van der Waals surface area contributed by atoms with Crippen molar-refractivity contribution in [2.24, 2.45) is 0 Å². The molecule has 0 aromatic heterocycles. The summed E-state index contributed by atoms with van der Waals surface area (Å²) in [6.07, 6.45) is -4.82. The molecule has 0 unspecified atom stereocenters. The Kier molecular flexibility index (Phi) is 5.25. The maximum atomic E-state index is 11.0. The molecule has 0 aliphatic carbocycles. The van der Waals surface area contributed by atoms with Crippen LogP contribution in [0.2, 0.25) is 0 Å². The third-order valence-electron chi connectivity index (χ3n) is 2.31. The van der Waals surface area contributed by atoms with Crippen molar-refractivity contribution in [2.45, 2.75) is 45.4 Å². The number of hydrogen-bond donors (Lipinski definition) is 1. The Hall–Kier alpha value is -1.67. The lowest BCUT2D eigenvalue weighted by molar-refractivity contribution is -0.270. The van der Waals surface area contributed by atoms with Crippen molar-refractivity contribution in [2.75, 3.05) is 6.61 Å². The number of carbonyl (C=O) groups is 3. The van der Waals surface area contributed by atoms with E-state index in [0.29, 0.717) is 0 Å². The minimum Gasteiger partial charge on any atom is -0.457 e. The van der Waals surface area contributed by atoms with E-state index in [4.69, 9.17) is 18.9 Å². The predicted octanol–water partition coefficient (Wildman–Crippen LogP) is -0.870. The molecule has 0 spiro atoms. The van der Waals surface area contributed by atoms with Crippen LogP contribution in [0.25, 0.3) is 0 Å². The van der Waals surface area contributed by atoms with E-state index in [1.807, 2.05) is 0 Å². The fourth-order valence-electron chi connectivity index (χ4n) is 1.65. The first-order valence-electron chi connectivity index (χ1n) is 5.62. The monoisotopic (exact) mass is 276 g/mol. The number of esters is 3. The zero-order valence-electron chi connectivity index (χ0n) is 10.8. The van der Waals surface area contributed by atoms with Gasteiger partial charge in [-0.05, 0) is 0 Å². The van der Waals surface area contributed by atoms with Crippen LogP contribution in [0.3, 0.4) is 0 Å². The van der Waals surface area contributed by atoms with Gasteiger partial charge < -0.3 is 24.1 Å². The van der Waals surface area contributed by atoms with Gasteiger partial charge in [0, 0.05) is 20.8 Å². The van der Waals surface area contributed by atoms with Gasteiger partial charge in [-0.15, -0.1) is 0 Å². The second-order valence-corrected chi connectivity index (χ2v) is 4.02.